The van der Waals surface area contributed by atoms with Crippen molar-refractivity contribution >= 4 is 39.5 Å². The van der Waals surface area contributed by atoms with E-state index in [2.05, 4.69) is 72.8 Å². The molecule has 0 spiro atoms. The van der Waals surface area contributed by atoms with E-state index < -0.39 is 97.5 Å². The molecule has 602 valence electrons. The van der Waals surface area contributed by atoms with Crippen LogP contribution in [0.2, 0.25) is 0 Å². The van der Waals surface area contributed by atoms with E-state index >= 15 is 0 Å². The van der Waals surface area contributed by atoms with Gasteiger partial charge in [-0.25, -0.2) is 9.13 Å². The average Bonchev–Trinajstić information content (AvgIpc) is 0.906. The molecule has 102 heavy (non-hydrogen) atoms. The van der Waals surface area contributed by atoms with Crippen LogP contribution in [0.25, 0.3) is 0 Å². The minimum Gasteiger partial charge on any atom is -0.462 e. The van der Waals surface area contributed by atoms with Gasteiger partial charge in [-0.05, 0) is 69.1 Å². The minimum absolute atomic E-state index is 0.0839. The third-order valence-corrected chi connectivity index (χ3v) is 20.7. The number of phosphoric acid groups is 2. The van der Waals surface area contributed by atoms with Crippen molar-refractivity contribution in [2.24, 2.45) is 17.8 Å². The van der Waals surface area contributed by atoms with Crippen molar-refractivity contribution in [2.45, 2.75) is 426 Å². The molecule has 0 aliphatic rings. The van der Waals surface area contributed by atoms with Gasteiger partial charge >= 0.3 is 39.5 Å². The summed E-state index contributed by atoms with van der Waals surface area (Å²) in [5.41, 5.74) is 0. The molecule has 5 atom stereocenters. The Morgan fingerprint density at radius 3 is 0.794 bits per heavy atom. The molecule has 0 fully saturated rings. The number of carbonyl (C=O) groups is 4. The molecule has 0 aliphatic carbocycles. The van der Waals surface area contributed by atoms with Crippen molar-refractivity contribution < 1.29 is 80.2 Å². The predicted octanol–water partition coefficient (Wildman–Crippen LogP) is 24.5. The number of hydrogen-bond donors (Lipinski definition) is 3. The van der Waals surface area contributed by atoms with E-state index in [1.165, 1.54) is 199 Å². The number of aliphatic hydroxyl groups excluding tert-OH is 1. The normalized spacial score (nSPS) is 14.1. The molecule has 19 heteroatoms. The van der Waals surface area contributed by atoms with Crippen LogP contribution in [0.4, 0.5) is 0 Å². The molecule has 0 radical (unpaired) electrons. The van der Waals surface area contributed by atoms with E-state index in [0.29, 0.717) is 31.6 Å². The highest BCUT2D eigenvalue weighted by atomic mass is 31.2. The summed E-state index contributed by atoms with van der Waals surface area (Å²) in [6.07, 6.45) is 64.9. The van der Waals surface area contributed by atoms with Crippen molar-refractivity contribution in [3.63, 3.8) is 0 Å². The van der Waals surface area contributed by atoms with Crippen LogP contribution in [-0.4, -0.2) is 96.7 Å². The topological polar surface area (TPSA) is 237 Å². The van der Waals surface area contributed by atoms with Crippen LogP contribution < -0.4 is 0 Å². The maximum atomic E-state index is 13.1. The molecule has 0 heterocycles. The number of carbonyl (C=O) groups excluding carboxylic acids is 4. The van der Waals surface area contributed by atoms with Gasteiger partial charge in [-0.2, -0.15) is 0 Å². The Balaban J connectivity index is 5.23. The van der Waals surface area contributed by atoms with Crippen molar-refractivity contribution in [2.75, 3.05) is 39.6 Å². The van der Waals surface area contributed by atoms with Gasteiger partial charge < -0.3 is 33.8 Å². The Hall–Kier alpha value is -2.46. The number of aliphatic hydroxyl groups is 1. The van der Waals surface area contributed by atoms with E-state index in [0.717, 1.165) is 121 Å². The highest BCUT2D eigenvalue weighted by Crippen LogP contribution is 2.45. The summed E-state index contributed by atoms with van der Waals surface area (Å²) in [5, 5.41) is 10.6. The molecular weight excluding hydrogens is 1330 g/mol. The number of hydrogen-bond acceptors (Lipinski definition) is 15. The second kappa shape index (κ2) is 72.7. The average molecular weight is 1490 g/mol. The van der Waals surface area contributed by atoms with E-state index in [1.54, 1.807) is 0 Å². The maximum absolute atomic E-state index is 13.1. The highest BCUT2D eigenvalue weighted by Gasteiger charge is 2.30. The number of allylic oxidation sites excluding steroid dienone is 4. The van der Waals surface area contributed by atoms with E-state index in [9.17, 15) is 43.2 Å². The molecule has 17 nitrogen and oxygen atoms in total. The Morgan fingerprint density at radius 1 is 0.304 bits per heavy atom. The molecule has 0 bridgehead atoms. The SMILES string of the molecule is CCCCCC/C=C\C=C/CCCCCCCC(=O)O[C@H](COC(=O)CCCCCCCCC(C)C)COP(=O)(O)OC[C@H](O)COP(=O)(O)OC[C@@H](COC(=O)CCCCCCCCCCCCCCCCCCCCC(C)C)OC(=O)CCCCCCCCCCCCCCCCC(C)C. The number of phosphoric ester groups is 2. The van der Waals surface area contributed by atoms with Gasteiger partial charge in [-0.3, -0.25) is 37.3 Å². The van der Waals surface area contributed by atoms with Crippen molar-refractivity contribution in [3.05, 3.63) is 24.3 Å². The number of unbranched alkanes of at least 4 members (excludes halogenated alkanes) is 44. The second-order valence-electron chi connectivity index (χ2n) is 30.6. The molecular formula is C83H158O17P2. The summed E-state index contributed by atoms with van der Waals surface area (Å²) < 4.78 is 68.7. The first-order valence-corrected chi connectivity index (χ1v) is 45.2. The molecule has 0 aliphatic heterocycles. The Labute approximate surface area is 624 Å². The van der Waals surface area contributed by atoms with Gasteiger partial charge in [-0.1, -0.05) is 355 Å². The zero-order valence-corrected chi connectivity index (χ0v) is 68.4. The summed E-state index contributed by atoms with van der Waals surface area (Å²) in [4.78, 5) is 73.0. The fraction of sp³-hybridized carbons (Fsp3) is 0.904. The van der Waals surface area contributed by atoms with Crippen LogP contribution in [0.5, 0.6) is 0 Å². The van der Waals surface area contributed by atoms with Crippen molar-refractivity contribution in [1.29, 1.82) is 0 Å². The first-order valence-electron chi connectivity index (χ1n) is 42.2. The van der Waals surface area contributed by atoms with Crippen LogP contribution in [0, 0.1) is 17.8 Å². The Bertz CT molecular complexity index is 2070. The lowest BCUT2D eigenvalue weighted by atomic mass is 10.0. The van der Waals surface area contributed by atoms with Crippen LogP contribution in [0.3, 0.4) is 0 Å². The summed E-state index contributed by atoms with van der Waals surface area (Å²) in [5.74, 6) is 0.150. The zero-order valence-electron chi connectivity index (χ0n) is 66.6. The first kappa shape index (κ1) is 99.5. The number of esters is 4. The smallest absolute Gasteiger partial charge is 0.462 e. The van der Waals surface area contributed by atoms with Gasteiger partial charge in [0, 0.05) is 25.7 Å². The molecule has 0 aromatic rings. The van der Waals surface area contributed by atoms with E-state index in [-0.39, 0.29) is 25.7 Å². The zero-order chi connectivity index (χ0) is 75.1. The lowest BCUT2D eigenvalue weighted by molar-refractivity contribution is -0.161. The second-order valence-corrected chi connectivity index (χ2v) is 33.5. The third-order valence-electron chi connectivity index (χ3n) is 18.8. The molecule has 0 amide bonds. The lowest BCUT2D eigenvalue weighted by Crippen LogP contribution is -2.30. The molecule has 3 N–H and O–H groups in total. The standard InChI is InChI=1S/C83H158O17P2/c1-8-9-10-11-12-13-14-15-20-28-33-38-43-52-59-67-83(88)100-79(71-94-81(86)65-58-51-46-45-49-56-63-76(6)7)73-98-102(91,92)96-69-77(84)68-95-101(89,90)97-72-78(99-82(87)66-60-53-44-39-34-29-24-23-26-31-36-41-48-55-62-75(4)5)70-93-80(85)64-57-50-42-37-32-27-22-19-17-16-18-21-25-30-35-40-47-54-61-74(2)3/h13-15,20,74-79,84H,8-12,16-19,21-73H2,1-7H3,(H,89,90)(H,91,92)/b14-13-,20-15-/t77-,78-,79-/m1/s1. The largest absolute Gasteiger partial charge is 0.472 e. The number of rotatable bonds is 79. The fourth-order valence-corrected chi connectivity index (χ4v) is 13.9. The summed E-state index contributed by atoms with van der Waals surface area (Å²) in [7, 11) is -9.93. The lowest BCUT2D eigenvalue weighted by Gasteiger charge is -2.21. The molecule has 0 aromatic heterocycles. The van der Waals surface area contributed by atoms with E-state index in [4.69, 9.17) is 37.0 Å². The summed E-state index contributed by atoms with van der Waals surface area (Å²) in [6, 6.07) is 0. The molecule has 2 unspecified atom stereocenters. The Kier molecular flexibility index (Phi) is 71.0. The van der Waals surface area contributed by atoms with Gasteiger partial charge in [0.25, 0.3) is 0 Å². The third kappa shape index (κ3) is 75.8. The summed E-state index contributed by atoms with van der Waals surface area (Å²) in [6.45, 7) is 11.9. The van der Waals surface area contributed by atoms with Gasteiger partial charge in [0.1, 0.15) is 19.3 Å². The molecule has 0 rings (SSSR count). The first-order chi connectivity index (χ1) is 49.2. The number of ether oxygens (including phenoxy) is 4. The van der Waals surface area contributed by atoms with Crippen molar-refractivity contribution in [1.82, 2.24) is 0 Å². The van der Waals surface area contributed by atoms with Crippen LogP contribution in [0.1, 0.15) is 408 Å². The molecule has 0 saturated heterocycles. The fourth-order valence-electron chi connectivity index (χ4n) is 12.3. The monoisotopic (exact) mass is 1490 g/mol. The van der Waals surface area contributed by atoms with Gasteiger partial charge in [0.05, 0.1) is 26.4 Å². The highest BCUT2D eigenvalue weighted by molar-refractivity contribution is 7.47. The van der Waals surface area contributed by atoms with Gasteiger partial charge in [-0.15, -0.1) is 0 Å². The van der Waals surface area contributed by atoms with Crippen LogP contribution >= 0.6 is 15.6 Å². The van der Waals surface area contributed by atoms with Gasteiger partial charge in [0.15, 0.2) is 12.2 Å². The molecule has 0 aromatic carbocycles. The van der Waals surface area contributed by atoms with Crippen molar-refractivity contribution in [3.8, 4) is 0 Å². The maximum Gasteiger partial charge on any atom is 0.472 e. The van der Waals surface area contributed by atoms with Crippen LogP contribution in [0.15, 0.2) is 24.3 Å². The predicted molar refractivity (Wildman–Crippen MR) is 418 cm³/mol. The van der Waals surface area contributed by atoms with Gasteiger partial charge in [0.2, 0.25) is 0 Å². The molecule has 0 saturated carbocycles. The van der Waals surface area contributed by atoms with Crippen LogP contribution in [-0.2, 0) is 65.4 Å². The summed E-state index contributed by atoms with van der Waals surface area (Å²) >= 11 is 0. The Morgan fingerprint density at radius 2 is 0.529 bits per heavy atom. The minimum atomic E-state index is -4.97. The van der Waals surface area contributed by atoms with E-state index in [1.807, 2.05) is 0 Å². The quantitative estimate of drug-likeness (QED) is 0.0169.